The predicted molar refractivity (Wildman–Crippen MR) is 49.3 cm³/mol. The summed E-state index contributed by atoms with van der Waals surface area (Å²) in [6.07, 6.45) is 3.43. The number of likely N-dealkylation sites (N-methyl/N-ethyl adjacent to an activating group) is 1. The summed E-state index contributed by atoms with van der Waals surface area (Å²) in [4.78, 5) is 2.13. The summed E-state index contributed by atoms with van der Waals surface area (Å²) in [6, 6.07) is 3.67. The van der Waals surface area contributed by atoms with Gasteiger partial charge < -0.3 is 14.4 Å². The second kappa shape index (κ2) is 3.16. The Hall–Kier alpha value is -0.800. The van der Waals surface area contributed by atoms with Gasteiger partial charge in [0.05, 0.1) is 6.26 Å². The molecule has 3 nitrogen and oxygen atoms in total. The van der Waals surface area contributed by atoms with Gasteiger partial charge in [-0.3, -0.25) is 0 Å². The van der Waals surface area contributed by atoms with Crippen LogP contribution in [0.1, 0.15) is 18.6 Å². The molecule has 13 heavy (non-hydrogen) atoms. The zero-order valence-corrected chi connectivity index (χ0v) is 7.86. The van der Waals surface area contributed by atoms with Crippen LogP contribution in [0, 0.1) is 0 Å². The molecule has 3 heteroatoms. The van der Waals surface area contributed by atoms with Crippen LogP contribution in [0.25, 0.3) is 0 Å². The number of rotatable bonds is 1. The first-order valence-electron chi connectivity index (χ1n) is 4.66. The summed E-state index contributed by atoms with van der Waals surface area (Å²) in [6.45, 7) is 1.73. The zero-order chi connectivity index (χ0) is 9.31. The Bertz CT molecular complexity index is 270. The molecule has 1 aliphatic rings. The van der Waals surface area contributed by atoms with E-state index in [0.717, 1.165) is 19.4 Å². The normalized spacial score (nSPS) is 30.6. The largest absolute Gasteiger partial charge is 0.466 e. The quantitative estimate of drug-likeness (QED) is 0.707. The molecule has 1 aromatic rings. The van der Waals surface area contributed by atoms with Gasteiger partial charge in [-0.15, -0.1) is 0 Å². The number of hydrogen-bond donors (Lipinski definition) is 1. The first-order valence-corrected chi connectivity index (χ1v) is 4.66. The van der Waals surface area contributed by atoms with Crippen LogP contribution in [0.2, 0.25) is 0 Å². The molecule has 0 bridgehead atoms. The van der Waals surface area contributed by atoms with Crippen molar-refractivity contribution in [1.29, 1.82) is 0 Å². The van der Waals surface area contributed by atoms with E-state index >= 15 is 0 Å². The fraction of sp³-hybridized carbons (Fsp3) is 0.600. The maximum atomic E-state index is 10.3. The van der Waals surface area contributed by atoms with E-state index in [1.807, 2.05) is 19.2 Å². The van der Waals surface area contributed by atoms with Crippen molar-refractivity contribution in [2.45, 2.75) is 18.4 Å². The highest BCUT2D eigenvalue weighted by Crippen LogP contribution is 2.30. The van der Waals surface area contributed by atoms with Crippen molar-refractivity contribution in [2.75, 3.05) is 20.1 Å². The van der Waals surface area contributed by atoms with Gasteiger partial charge in [0.15, 0.2) is 0 Å². The second-order valence-electron chi connectivity index (χ2n) is 3.85. The van der Waals surface area contributed by atoms with E-state index in [0.29, 0.717) is 12.3 Å². The van der Waals surface area contributed by atoms with Gasteiger partial charge in [0.25, 0.3) is 0 Å². The molecule has 0 radical (unpaired) electrons. The van der Waals surface area contributed by atoms with Gasteiger partial charge >= 0.3 is 0 Å². The molecule has 1 N–H and O–H groups in total. The standard InChI is InChI=1S/C10H15NO2/c1-11-6-3-5-10(12,8-11)9-4-2-7-13-9/h2,4,7,12H,3,5-6,8H2,1H3. The Morgan fingerprint density at radius 3 is 3.08 bits per heavy atom. The molecule has 72 valence electrons. The van der Waals surface area contributed by atoms with Crippen LogP contribution >= 0.6 is 0 Å². The fourth-order valence-corrected chi connectivity index (χ4v) is 1.99. The number of piperidine rings is 1. The van der Waals surface area contributed by atoms with Crippen molar-refractivity contribution in [3.8, 4) is 0 Å². The average Bonchev–Trinajstić information content (AvgIpc) is 2.55. The van der Waals surface area contributed by atoms with Gasteiger partial charge in [0.2, 0.25) is 0 Å². The van der Waals surface area contributed by atoms with Crippen molar-refractivity contribution in [1.82, 2.24) is 4.90 Å². The lowest BCUT2D eigenvalue weighted by atomic mass is 9.91. The minimum absolute atomic E-state index is 0.667. The summed E-state index contributed by atoms with van der Waals surface area (Å²) in [5.41, 5.74) is -0.767. The van der Waals surface area contributed by atoms with Crippen LogP contribution in [0.4, 0.5) is 0 Å². The number of aliphatic hydroxyl groups is 1. The first-order chi connectivity index (χ1) is 6.21. The Morgan fingerprint density at radius 2 is 2.46 bits per heavy atom. The number of furan rings is 1. The Morgan fingerprint density at radius 1 is 1.62 bits per heavy atom. The average molecular weight is 181 g/mol. The van der Waals surface area contributed by atoms with Crippen molar-refractivity contribution in [2.24, 2.45) is 0 Å². The summed E-state index contributed by atoms with van der Waals surface area (Å²) >= 11 is 0. The van der Waals surface area contributed by atoms with Crippen molar-refractivity contribution in [3.63, 3.8) is 0 Å². The summed E-state index contributed by atoms with van der Waals surface area (Å²) in [5.74, 6) is 0.694. The molecule has 1 atom stereocenters. The smallest absolute Gasteiger partial charge is 0.136 e. The highest BCUT2D eigenvalue weighted by molar-refractivity contribution is 5.11. The fourth-order valence-electron chi connectivity index (χ4n) is 1.99. The highest BCUT2D eigenvalue weighted by atomic mass is 16.4. The van der Waals surface area contributed by atoms with E-state index in [9.17, 15) is 5.11 Å². The van der Waals surface area contributed by atoms with E-state index in [2.05, 4.69) is 4.90 Å². The van der Waals surface area contributed by atoms with Gasteiger partial charge in [0.1, 0.15) is 11.4 Å². The maximum Gasteiger partial charge on any atom is 0.136 e. The van der Waals surface area contributed by atoms with Crippen molar-refractivity contribution in [3.05, 3.63) is 24.2 Å². The molecule has 2 rings (SSSR count). The zero-order valence-electron chi connectivity index (χ0n) is 7.86. The lowest BCUT2D eigenvalue weighted by Gasteiger charge is -2.35. The number of likely N-dealkylation sites (tertiary alicyclic amines) is 1. The first kappa shape index (κ1) is 8.78. The van der Waals surface area contributed by atoms with E-state index in [-0.39, 0.29) is 0 Å². The van der Waals surface area contributed by atoms with Crippen molar-refractivity contribution < 1.29 is 9.52 Å². The summed E-state index contributed by atoms with van der Waals surface area (Å²) < 4.78 is 5.25. The van der Waals surface area contributed by atoms with Crippen LogP contribution in [-0.2, 0) is 5.60 Å². The highest BCUT2D eigenvalue weighted by Gasteiger charge is 2.35. The van der Waals surface area contributed by atoms with Crippen LogP contribution in [0.15, 0.2) is 22.8 Å². The van der Waals surface area contributed by atoms with E-state index in [1.165, 1.54) is 0 Å². The third-order valence-electron chi connectivity index (χ3n) is 2.64. The molecular formula is C10H15NO2. The Kier molecular flexibility index (Phi) is 2.14. The predicted octanol–water partition coefficient (Wildman–Crippen LogP) is 1.19. The van der Waals surface area contributed by atoms with Crippen LogP contribution in [0.5, 0.6) is 0 Å². The topological polar surface area (TPSA) is 36.6 Å². The maximum absolute atomic E-state index is 10.3. The summed E-state index contributed by atoms with van der Waals surface area (Å²) in [5, 5.41) is 10.3. The second-order valence-corrected chi connectivity index (χ2v) is 3.85. The van der Waals surface area contributed by atoms with Gasteiger partial charge in [-0.2, -0.15) is 0 Å². The van der Waals surface area contributed by atoms with Crippen LogP contribution < -0.4 is 0 Å². The molecule has 1 fully saturated rings. The third kappa shape index (κ3) is 1.62. The monoisotopic (exact) mass is 181 g/mol. The lowest BCUT2D eigenvalue weighted by molar-refractivity contribution is -0.0439. The lowest BCUT2D eigenvalue weighted by Crippen LogP contribution is -2.43. The Labute approximate surface area is 78.0 Å². The molecule has 0 amide bonds. The molecule has 0 aliphatic carbocycles. The molecular weight excluding hydrogens is 166 g/mol. The van der Waals surface area contributed by atoms with Crippen LogP contribution in [-0.4, -0.2) is 30.1 Å². The van der Waals surface area contributed by atoms with Gasteiger partial charge in [0, 0.05) is 6.54 Å². The number of nitrogens with zero attached hydrogens (tertiary/aromatic N) is 1. The minimum Gasteiger partial charge on any atom is -0.466 e. The molecule has 1 aliphatic heterocycles. The van der Waals surface area contributed by atoms with Gasteiger partial charge in [-0.05, 0) is 38.6 Å². The minimum atomic E-state index is -0.767. The third-order valence-corrected chi connectivity index (χ3v) is 2.64. The number of hydrogen-bond acceptors (Lipinski definition) is 3. The van der Waals surface area contributed by atoms with E-state index < -0.39 is 5.60 Å². The molecule has 1 saturated heterocycles. The van der Waals surface area contributed by atoms with Gasteiger partial charge in [-0.1, -0.05) is 0 Å². The molecule has 0 aromatic carbocycles. The SMILES string of the molecule is CN1CCCC(O)(c2ccco2)C1. The summed E-state index contributed by atoms with van der Waals surface area (Å²) in [7, 11) is 2.02. The molecule has 0 saturated carbocycles. The number of β-amino-alcohol motifs (C(OH)–C–C–N with tert-alkyl or cyclic N) is 1. The van der Waals surface area contributed by atoms with Gasteiger partial charge in [-0.25, -0.2) is 0 Å². The van der Waals surface area contributed by atoms with Crippen LogP contribution in [0.3, 0.4) is 0 Å². The molecule has 1 aromatic heterocycles. The molecule has 0 spiro atoms. The van der Waals surface area contributed by atoms with E-state index in [1.54, 1.807) is 6.26 Å². The molecule has 2 heterocycles. The Balaban J connectivity index is 2.20. The van der Waals surface area contributed by atoms with E-state index in [4.69, 9.17) is 4.42 Å². The molecule has 1 unspecified atom stereocenters. The van der Waals surface area contributed by atoms with Crippen molar-refractivity contribution >= 4 is 0 Å².